The van der Waals surface area contributed by atoms with Crippen LogP contribution < -0.4 is 4.72 Å². The van der Waals surface area contributed by atoms with Crippen LogP contribution in [0.1, 0.15) is 22.8 Å². The van der Waals surface area contributed by atoms with Crippen molar-refractivity contribution in [1.29, 1.82) is 0 Å². The van der Waals surface area contributed by atoms with Gasteiger partial charge in [0.05, 0.1) is 22.8 Å². The minimum atomic E-state index is -3.73. The third-order valence-electron chi connectivity index (χ3n) is 3.44. The topological polar surface area (TPSA) is 72.5 Å². The lowest BCUT2D eigenvalue weighted by atomic mass is 10.1. The molecule has 1 N–H and O–H groups in total. The van der Waals surface area contributed by atoms with Crippen molar-refractivity contribution in [1.82, 2.24) is 0 Å². The highest BCUT2D eigenvalue weighted by Crippen LogP contribution is 2.24. The lowest BCUT2D eigenvalue weighted by Gasteiger charge is -2.13. The third kappa shape index (κ3) is 4.10. The Kier molecular flexibility index (Phi) is 5.90. The lowest BCUT2D eigenvalue weighted by molar-refractivity contribution is 0.0525. The molecule has 0 spiro atoms. The molecule has 7 heteroatoms. The van der Waals surface area contributed by atoms with E-state index < -0.39 is 16.0 Å². The fourth-order valence-corrected chi connectivity index (χ4v) is 3.67. The van der Waals surface area contributed by atoms with Gasteiger partial charge in [0, 0.05) is 4.90 Å². The monoisotopic (exact) mass is 365 g/mol. The van der Waals surface area contributed by atoms with E-state index in [4.69, 9.17) is 4.74 Å². The number of hydrogen-bond acceptors (Lipinski definition) is 5. The highest BCUT2D eigenvalue weighted by atomic mass is 32.2. The van der Waals surface area contributed by atoms with Gasteiger partial charge in [-0.2, -0.15) is 0 Å². The highest BCUT2D eigenvalue weighted by molar-refractivity contribution is 7.98. The van der Waals surface area contributed by atoms with Gasteiger partial charge >= 0.3 is 5.97 Å². The number of rotatable bonds is 6. The smallest absolute Gasteiger partial charge is 0.338 e. The maximum absolute atomic E-state index is 12.5. The molecule has 0 aliphatic heterocycles. The molecule has 0 aliphatic rings. The summed E-state index contributed by atoms with van der Waals surface area (Å²) in [5.41, 5.74) is 1.23. The van der Waals surface area contributed by atoms with Crippen LogP contribution in [-0.4, -0.2) is 27.2 Å². The summed E-state index contributed by atoms with van der Waals surface area (Å²) < 4.78 is 32.6. The van der Waals surface area contributed by atoms with Gasteiger partial charge < -0.3 is 4.74 Å². The Morgan fingerprint density at radius 3 is 2.42 bits per heavy atom. The first kappa shape index (κ1) is 18.4. The highest BCUT2D eigenvalue weighted by Gasteiger charge is 2.18. The Balaban J connectivity index is 2.32. The molecule has 24 heavy (non-hydrogen) atoms. The molecule has 0 radical (unpaired) electrons. The fraction of sp³-hybridized carbons (Fsp3) is 0.235. The largest absolute Gasteiger partial charge is 0.462 e. The molecule has 0 saturated carbocycles. The van der Waals surface area contributed by atoms with Crippen LogP contribution >= 0.6 is 11.8 Å². The first-order valence-corrected chi connectivity index (χ1v) is 10.0. The molecule has 2 aromatic rings. The third-order valence-corrected chi connectivity index (χ3v) is 5.57. The van der Waals surface area contributed by atoms with Gasteiger partial charge in [0.1, 0.15) is 0 Å². The minimum Gasteiger partial charge on any atom is -0.462 e. The van der Waals surface area contributed by atoms with E-state index in [0.29, 0.717) is 16.8 Å². The number of benzene rings is 2. The van der Waals surface area contributed by atoms with Crippen LogP contribution in [0.2, 0.25) is 0 Å². The second-order valence-electron chi connectivity index (χ2n) is 4.98. The number of sulfonamides is 1. The average Bonchev–Trinajstić information content (AvgIpc) is 2.57. The normalized spacial score (nSPS) is 11.1. The van der Waals surface area contributed by atoms with Gasteiger partial charge in [-0.15, -0.1) is 11.8 Å². The van der Waals surface area contributed by atoms with Crippen LogP contribution in [0.4, 0.5) is 5.69 Å². The van der Waals surface area contributed by atoms with Crippen molar-refractivity contribution >= 4 is 33.4 Å². The van der Waals surface area contributed by atoms with Crippen molar-refractivity contribution in [3.8, 4) is 0 Å². The van der Waals surface area contributed by atoms with Gasteiger partial charge in [0.2, 0.25) is 0 Å². The van der Waals surface area contributed by atoms with Crippen molar-refractivity contribution in [2.75, 3.05) is 17.6 Å². The van der Waals surface area contributed by atoms with Crippen molar-refractivity contribution in [2.45, 2.75) is 23.6 Å². The van der Waals surface area contributed by atoms with Gasteiger partial charge in [0.15, 0.2) is 0 Å². The van der Waals surface area contributed by atoms with Crippen LogP contribution in [-0.2, 0) is 14.8 Å². The fourth-order valence-electron chi connectivity index (χ4n) is 2.13. The average molecular weight is 365 g/mol. The summed E-state index contributed by atoms with van der Waals surface area (Å²) in [7, 11) is -3.73. The molecular formula is C17H19NO4S2. The number of esters is 1. The predicted molar refractivity (Wildman–Crippen MR) is 96.2 cm³/mol. The molecule has 128 valence electrons. The molecule has 0 heterocycles. The number of carbonyl (C=O) groups excluding carboxylic acids is 1. The summed E-state index contributed by atoms with van der Waals surface area (Å²) in [5, 5.41) is 0. The Morgan fingerprint density at radius 1 is 1.17 bits per heavy atom. The molecule has 2 aromatic carbocycles. The summed E-state index contributed by atoms with van der Waals surface area (Å²) in [6, 6.07) is 11.5. The van der Waals surface area contributed by atoms with Gasteiger partial charge in [0.25, 0.3) is 10.0 Å². The van der Waals surface area contributed by atoms with Gasteiger partial charge in [-0.25, -0.2) is 13.2 Å². The molecule has 0 atom stereocenters. The molecule has 0 fully saturated rings. The number of carbonyl (C=O) groups is 1. The van der Waals surface area contributed by atoms with E-state index in [2.05, 4.69) is 4.72 Å². The standard InChI is InChI=1S/C17H19NO4S2/c1-4-22-17(19)15-6-5-7-16(12(15)2)18-24(20,21)14-10-8-13(23-3)9-11-14/h5-11,18H,4H2,1-3H3. The Bertz CT molecular complexity index is 830. The van der Waals surface area contributed by atoms with Crippen LogP contribution in [0.15, 0.2) is 52.3 Å². The van der Waals surface area contributed by atoms with E-state index in [-0.39, 0.29) is 11.5 Å². The molecule has 2 rings (SSSR count). The number of hydrogen-bond donors (Lipinski definition) is 1. The second-order valence-corrected chi connectivity index (χ2v) is 7.54. The van der Waals surface area contributed by atoms with Crippen molar-refractivity contribution in [3.05, 3.63) is 53.6 Å². The van der Waals surface area contributed by atoms with Gasteiger partial charge in [-0.3, -0.25) is 4.72 Å². The maximum Gasteiger partial charge on any atom is 0.338 e. The van der Waals surface area contributed by atoms with Crippen LogP contribution in [0.25, 0.3) is 0 Å². The molecule has 0 bridgehead atoms. The quantitative estimate of drug-likeness (QED) is 0.624. The van der Waals surface area contributed by atoms with Crippen molar-refractivity contribution in [3.63, 3.8) is 0 Å². The van der Waals surface area contributed by atoms with Crippen LogP contribution in [0.3, 0.4) is 0 Å². The zero-order valence-electron chi connectivity index (χ0n) is 13.7. The SMILES string of the molecule is CCOC(=O)c1cccc(NS(=O)(=O)c2ccc(SC)cc2)c1C. The van der Waals surface area contributed by atoms with Gasteiger partial charge in [-0.1, -0.05) is 6.07 Å². The number of ether oxygens (including phenoxy) is 1. The summed E-state index contributed by atoms with van der Waals surface area (Å²) in [5.74, 6) is -0.472. The van der Waals surface area contributed by atoms with E-state index in [1.165, 1.54) is 11.8 Å². The van der Waals surface area contributed by atoms with Crippen LogP contribution in [0, 0.1) is 6.92 Å². The van der Waals surface area contributed by atoms with Crippen LogP contribution in [0.5, 0.6) is 0 Å². The Hall–Kier alpha value is -1.99. The summed E-state index contributed by atoms with van der Waals surface area (Å²) in [6.07, 6.45) is 1.92. The number of anilines is 1. The molecule has 0 aliphatic carbocycles. The molecule has 0 aromatic heterocycles. The molecule has 5 nitrogen and oxygen atoms in total. The lowest BCUT2D eigenvalue weighted by Crippen LogP contribution is -2.15. The van der Waals surface area contributed by atoms with E-state index in [1.54, 1.807) is 56.3 Å². The zero-order chi connectivity index (χ0) is 17.7. The molecule has 0 saturated heterocycles. The number of nitrogens with one attached hydrogen (secondary N) is 1. The first-order chi connectivity index (χ1) is 11.4. The summed E-state index contributed by atoms with van der Waals surface area (Å²) in [6.45, 7) is 3.66. The summed E-state index contributed by atoms with van der Waals surface area (Å²) in [4.78, 5) is 13.1. The van der Waals surface area contributed by atoms with Gasteiger partial charge in [-0.05, 0) is 62.1 Å². The second kappa shape index (κ2) is 7.72. The van der Waals surface area contributed by atoms with Crippen molar-refractivity contribution in [2.24, 2.45) is 0 Å². The minimum absolute atomic E-state index is 0.168. The predicted octanol–water partition coefficient (Wildman–Crippen LogP) is 3.69. The molecule has 0 unspecified atom stereocenters. The Labute approximate surface area is 146 Å². The Morgan fingerprint density at radius 2 is 1.83 bits per heavy atom. The summed E-state index contributed by atoms with van der Waals surface area (Å²) >= 11 is 1.54. The maximum atomic E-state index is 12.5. The van der Waals surface area contributed by atoms with E-state index >= 15 is 0 Å². The zero-order valence-corrected chi connectivity index (χ0v) is 15.3. The number of thioether (sulfide) groups is 1. The first-order valence-electron chi connectivity index (χ1n) is 7.32. The van der Waals surface area contributed by atoms with E-state index in [0.717, 1.165) is 4.90 Å². The van der Waals surface area contributed by atoms with E-state index in [9.17, 15) is 13.2 Å². The van der Waals surface area contributed by atoms with E-state index in [1.807, 2.05) is 6.26 Å². The molecular weight excluding hydrogens is 346 g/mol. The van der Waals surface area contributed by atoms with Crippen molar-refractivity contribution < 1.29 is 17.9 Å². The molecule has 0 amide bonds.